The Labute approximate surface area is 159 Å². The maximum atomic E-state index is 12.4. The van der Waals surface area contributed by atoms with Gasteiger partial charge in [0.15, 0.2) is 0 Å². The molecule has 144 valence electrons. The predicted octanol–water partition coefficient (Wildman–Crippen LogP) is 2.47. The van der Waals surface area contributed by atoms with Crippen LogP contribution in [0.1, 0.15) is 30.5 Å². The molecule has 2 N–H and O–H groups in total. The normalized spacial score (nSPS) is 14.8. The number of hydrogen-bond donors (Lipinski definition) is 2. The number of benzene rings is 1. The van der Waals surface area contributed by atoms with Gasteiger partial charge in [0.25, 0.3) is 0 Å². The largest absolute Gasteiger partial charge is 0.353 e. The average molecular weight is 369 g/mol. The number of nitrogens with zero attached hydrogens (tertiary/aromatic N) is 3. The molecule has 1 aromatic carbocycles. The Morgan fingerprint density at radius 2 is 1.89 bits per heavy atom. The summed E-state index contributed by atoms with van der Waals surface area (Å²) < 4.78 is 1.66. The number of nitrogens with one attached hydrogen (secondary N) is 2. The fraction of sp³-hybridized carbons (Fsp3) is 0.450. The van der Waals surface area contributed by atoms with Crippen LogP contribution in [-0.4, -0.2) is 45.8 Å². The number of urea groups is 1. The summed E-state index contributed by atoms with van der Waals surface area (Å²) in [7, 11) is 1.81. The molecule has 2 aromatic rings. The number of anilines is 1. The molecule has 1 aliphatic heterocycles. The van der Waals surface area contributed by atoms with Gasteiger partial charge in [0.1, 0.15) is 5.82 Å². The van der Waals surface area contributed by atoms with Crippen molar-refractivity contribution < 1.29 is 9.59 Å². The molecule has 7 heteroatoms. The zero-order valence-corrected chi connectivity index (χ0v) is 15.9. The quantitative estimate of drug-likeness (QED) is 0.850. The lowest BCUT2D eigenvalue weighted by molar-refractivity contribution is -0.122. The summed E-state index contributed by atoms with van der Waals surface area (Å²) in [5.41, 5.74) is 2.04. The van der Waals surface area contributed by atoms with Crippen LogP contribution in [0.3, 0.4) is 0 Å². The SMILES string of the molecule is Cc1cc(NC(=O)N2CCC(NC(=O)CCc3ccccc3)CC2)n(C)n1. The van der Waals surface area contributed by atoms with Crippen LogP contribution in [0.2, 0.25) is 0 Å². The molecule has 7 nitrogen and oxygen atoms in total. The molecule has 0 atom stereocenters. The minimum atomic E-state index is -0.119. The van der Waals surface area contributed by atoms with E-state index in [-0.39, 0.29) is 18.0 Å². The van der Waals surface area contributed by atoms with Crippen molar-refractivity contribution in [1.82, 2.24) is 20.0 Å². The van der Waals surface area contributed by atoms with Crippen molar-refractivity contribution in [2.24, 2.45) is 7.05 Å². The van der Waals surface area contributed by atoms with Gasteiger partial charge in [0, 0.05) is 38.7 Å². The first-order valence-electron chi connectivity index (χ1n) is 9.41. The van der Waals surface area contributed by atoms with E-state index < -0.39 is 0 Å². The first kappa shape index (κ1) is 18.9. The van der Waals surface area contributed by atoms with Gasteiger partial charge < -0.3 is 10.2 Å². The van der Waals surface area contributed by atoms with Gasteiger partial charge in [-0.25, -0.2) is 4.79 Å². The van der Waals surface area contributed by atoms with E-state index >= 15 is 0 Å². The molecule has 2 heterocycles. The Kier molecular flexibility index (Phi) is 6.11. The van der Waals surface area contributed by atoms with Gasteiger partial charge in [0.2, 0.25) is 5.91 Å². The maximum Gasteiger partial charge on any atom is 0.323 e. The molecular formula is C20H27N5O2. The van der Waals surface area contributed by atoms with Crippen LogP contribution in [0.4, 0.5) is 10.6 Å². The maximum absolute atomic E-state index is 12.4. The summed E-state index contributed by atoms with van der Waals surface area (Å²) in [6.45, 7) is 3.15. The minimum absolute atomic E-state index is 0.0760. The van der Waals surface area contributed by atoms with E-state index in [1.807, 2.05) is 43.3 Å². The molecular weight excluding hydrogens is 342 g/mol. The third-order valence-corrected chi connectivity index (χ3v) is 4.87. The smallest absolute Gasteiger partial charge is 0.323 e. The molecule has 0 saturated carbocycles. The molecule has 0 radical (unpaired) electrons. The lowest BCUT2D eigenvalue weighted by Crippen LogP contribution is -2.47. The first-order valence-corrected chi connectivity index (χ1v) is 9.41. The van der Waals surface area contributed by atoms with Gasteiger partial charge in [-0.15, -0.1) is 0 Å². The molecule has 3 amide bonds. The van der Waals surface area contributed by atoms with E-state index in [0.29, 0.717) is 25.3 Å². The third-order valence-electron chi connectivity index (χ3n) is 4.87. The van der Waals surface area contributed by atoms with Crippen molar-refractivity contribution in [2.75, 3.05) is 18.4 Å². The second-order valence-corrected chi connectivity index (χ2v) is 7.04. The number of piperidine rings is 1. The first-order chi connectivity index (χ1) is 13.0. The van der Waals surface area contributed by atoms with Crippen molar-refractivity contribution in [3.8, 4) is 0 Å². The van der Waals surface area contributed by atoms with E-state index in [1.54, 1.807) is 16.6 Å². The Morgan fingerprint density at radius 1 is 1.19 bits per heavy atom. The molecule has 0 aliphatic carbocycles. The lowest BCUT2D eigenvalue weighted by Gasteiger charge is -2.32. The molecule has 1 saturated heterocycles. The summed E-state index contributed by atoms with van der Waals surface area (Å²) in [6.07, 6.45) is 2.78. The molecule has 27 heavy (non-hydrogen) atoms. The van der Waals surface area contributed by atoms with Crippen LogP contribution in [-0.2, 0) is 18.3 Å². The van der Waals surface area contributed by atoms with Crippen LogP contribution in [0, 0.1) is 6.92 Å². The number of amides is 3. The highest BCUT2D eigenvalue weighted by molar-refractivity contribution is 5.88. The number of carbonyl (C=O) groups excluding carboxylic acids is 2. The van der Waals surface area contributed by atoms with E-state index in [2.05, 4.69) is 15.7 Å². The number of carbonyl (C=O) groups is 2. The van der Waals surface area contributed by atoms with Crippen LogP contribution >= 0.6 is 0 Å². The Bertz CT molecular complexity index is 779. The number of rotatable bonds is 5. The van der Waals surface area contributed by atoms with Gasteiger partial charge in [-0.05, 0) is 31.7 Å². The summed E-state index contributed by atoms with van der Waals surface area (Å²) in [5, 5.41) is 10.2. The van der Waals surface area contributed by atoms with Crippen LogP contribution in [0.25, 0.3) is 0 Å². The molecule has 0 unspecified atom stereocenters. The average Bonchev–Trinajstić information content (AvgIpc) is 2.98. The van der Waals surface area contributed by atoms with Crippen LogP contribution in [0.15, 0.2) is 36.4 Å². The highest BCUT2D eigenvalue weighted by Crippen LogP contribution is 2.14. The molecule has 3 rings (SSSR count). The summed E-state index contributed by atoms with van der Waals surface area (Å²) in [5.74, 6) is 0.765. The Balaban J connectivity index is 1.40. The summed E-state index contributed by atoms with van der Waals surface area (Å²) in [4.78, 5) is 26.4. The zero-order valence-electron chi connectivity index (χ0n) is 15.9. The fourth-order valence-electron chi connectivity index (χ4n) is 3.35. The number of likely N-dealkylation sites (tertiary alicyclic amines) is 1. The van der Waals surface area contributed by atoms with Gasteiger partial charge in [-0.3, -0.25) is 14.8 Å². The van der Waals surface area contributed by atoms with E-state index in [0.717, 1.165) is 25.0 Å². The summed E-state index contributed by atoms with van der Waals surface area (Å²) in [6, 6.07) is 11.9. The topological polar surface area (TPSA) is 79.3 Å². The third kappa shape index (κ3) is 5.32. The molecule has 1 aromatic heterocycles. The molecule has 1 aliphatic rings. The molecule has 1 fully saturated rings. The number of aromatic nitrogens is 2. The van der Waals surface area contributed by atoms with Gasteiger partial charge >= 0.3 is 6.03 Å². The zero-order chi connectivity index (χ0) is 19.2. The van der Waals surface area contributed by atoms with Crippen molar-refractivity contribution in [3.05, 3.63) is 47.7 Å². The van der Waals surface area contributed by atoms with Gasteiger partial charge in [0.05, 0.1) is 5.69 Å². The Morgan fingerprint density at radius 3 is 2.52 bits per heavy atom. The van der Waals surface area contributed by atoms with Crippen LogP contribution in [0.5, 0.6) is 0 Å². The van der Waals surface area contributed by atoms with Crippen molar-refractivity contribution in [1.29, 1.82) is 0 Å². The number of hydrogen-bond acceptors (Lipinski definition) is 3. The Hall–Kier alpha value is -2.83. The number of aryl methyl sites for hydroxylation is 3. The van der Waals surface area contributed by atoms with Crippen molar-refractivity contribution in [3.63, 3.8) is 0 Å². The van der Waals surface area contributed by atoms with E-state index in [1.165, 1.54) is 5.56 Å². The molecule has 0 spiro atoms. The van der Waals surface area contributed by atoms with Crippen molar-refractivity contribution >= 4 is 17.8 Å². The second-order valence-electron chi connectivity index (χ2n) is 7.04. The second kappa shape index (κ2) is 8.70. The highest BCUT2D eigenvalue weighted by Gasteiger charge is 2.24. The standard InChI is InChI=1S/C20H27N5O2/c1-15-14-18(24(2)23-15)22-20(27)25-12-10-17(11-13-25)21-19(26)9-8-16-6-4-3-5-7-16/h3-7,14,17H,8-13H2,1-2H3,(H,21,26)(H,22,27). The predicted molar refractivity (Wildman–Crippen MR) is 104 cm³/mol. The van der Waals surface area contributed by atoms with Crippen molar-refractivity contribution in [2.45, 2.75) is 38.6 Å². The minimum Gasteiger partial charge on any atom is -0.353 e. The fourth-order valence-corrected chi connectivity index (χ4v) is 3.35. The van der Waals surface area contributed by atoms with E-state index in [9.17, 15) is 9.59 Å². The lowest BCUT2D eigenvalue weighted by atomic mass is 10.0. The molecule has 0 bridgehead atoms. The van der Waals surface area contributed by atoms with Gasteiger partial charge in [-0.1, -0.05) is 30.3 Å². The van der Waals surface area contributed by atoms with E-state index in [4.69, 9.17) is 0 Å². The van der Waals surface area contributed by atoms with Gasteiger partial charge in [-0.2, -0.15) is 5.10 Å². The highest BCUT2D eigenvalue weighted by atomic mass is 16.2. The summed E-state index contributed by atoms with van der Waals surface area (Å²) >= 11 is 0. The van der Waals surface area contributed by atoms with Crippen LogP contribution < -0.4 is 10.6 Å². The monoisotopic (exact) mass is 369 g/mol.